The normalized spacial score (nSPS) is 11.7. The maximum Gasteiger partial charge on any atom is 0.393 e. The number of aromatic nitrogens is 2. The highest BCUT2D eigenvalue weighted by molar-refractivity contribution is 6.30. The van der Waals surface area contributed by atoms with Crippen molar-refractivity contribution in [2.24, 2.45) is 0 Å². The van der Waals surface area contributed by atoms with Crippen LogP contribution in [0.2, 0.25) is 5.02 Å². The molecule has 3 rings (SSSR count). The summed E-state index contributed by atoms with van der Waals surface area (Å²) in [5.41, 5.74) is 1.97. The van der Waals surface area contributed by atoms with Crippen molar-refractivity contribution in [2.75, 3.05) is 11.9 Å². The van der Waals surface area contributed by atoms with E-state index in [4.69, 9.17) is 16.7 Å². The number of pyridine rings is 1. The molecule has 2 heterocycles. The summed E-state index contributed by atoms with van der Waals surface area (Å²) < 4.78 is 39.4. The molecular weight excluding hydrogens is 395 g/mol. The number of alkyl halides is 3. The first-order chi connectivity index (χ1) is 13.2. The Balaban J connectivity index is 1.92. The topological polar surface area (TPSA) is 66.6 Å². The van der Waals surface area contributed by atoms with Gasteiger partial charge in [-0.2, -0.15) is 13.2 Å². The lowest BCUT2D eigenvalue weighted by Crippen LogP contribution is -2.11. The fraction of sp³-hybridized carbons (Fsp3) is 0.263. The third kappa shape index (κ3) is 4.95. The summed E-state index contributed by atoms with van der Waals surface area (Å²) in [6.07, 6.45) is -3.16. The standard InChI is InChI=1S/C19H17ClF3N3O2/c20-14-7-8-15-25-17(13-5-3-12(4-6-13)10-19(21,22)23)18(26(15)11-14)24-9-1-2-16(27)28/h3-8,11,24H,1-2,9-10H2,(H,27,28). The van der Waals surface area contributed by atoms with Crippen LogP contribution in [-0.2, 0) is 11.2 Å². The van der Waals surface area contributed by atoms with Crippen LogP contribution in [0.4, 0.5) is 19.0 Å². The molecule has 0 unspecified atom stereocenters. The van der Waals surface area contributed by atoms with Crippen molar-refractivity contribution in [3.05, 3.63) is 53.2 Å². The minimum absolute atomic E-state index is 0.0198. The fourth-order valence-electron chi connectivity index (χ4n) is 2.85. The molecule has 0 amide bonds. The van der Waals surface area contributed by atoms with Crippen LogP contribution in [0.25, 0.3) is 16.9 Å². The van der Waals surface area contributed by atoms with Gasteiger partial charge in [0.25, 0.3) is 0 Å². The van der Waals surface area contributed by atoms with Gasteiger partial charge in [0.05, 0.1) is 11.4 Å². The first kappa shape index (κ1) is 20.0. The van der Waals surface area contributed by atoms with E-state index < -0.39 is 18.6 Å². The van der Waals surface area contributed by atoms with Gasteiger partial charge in [-0.25, -0.2) is 4.98 Å². The number of carboxylic acid groups (broad SMARTS) is 1. The Kier molecular flexibility index (Phi) is 5.79. The molecule has 0 radical (unpaired) electrons. The number of nitrogens with one attached hydrogen (secondary N) is 1. The molecule has 0 saturated carbocycles. The Hall–Kier alpha value is -2.74. The molecule has 0 atom stereocenters. The fourth-order valence-corrected chi connectivity index (χ4v) is 3.01. The van der Waals surface area contributed by atoms with Crippen LogP contribution >= 0.6 is 11.6 Å². The van der Waals surface area contributed by atoms with Crippen molar-refractivity contribution in [2.45, 2.75) is 25.4 Å². The van der Waals surface area contributed by atoms with Crippen molar-refractivity contribution in [3.8, 4) is 11.3 Å². The molecule has 0 aliphatic rings. The summed E-state index contributed by atoms with van der Waals surface area (Å²) in [6.45, 7) is 0.395. The Labute approximate surface area is 163 Å². The molecule has 0 spiro atoms. The van der Waals surface area contributed by atoms with Gasteiger partial charge in [-0.1, -0.05) is 35.9 Å². The van der Waals surface area contributed by atoms with E-state index >= 15 is 0 Å². The van der Waals surface area contributed by atoms with Gasteiger partial charge in [0.1, 0.15) is 17.2 Å². The molecule has 0 aliphatic heterocycles. The SMILES string of the molecule is O=C(O)CCCNc1c(-c2ccc(CC(F)(F)F)cc2)nc2ccc(Cl)cn12. The Morgan fingerprint density at radius 1 is 1.18 bits per heavy atom. The number of carboxylic acids is 1. The number of hydrogen-bond donors (Lipinski definition) is 2. The van der Waals surface area contributed by atoms with Gasteiger partial charge in [-0.15, -0.1) is 0 Å². The van der Waals surface area contributed by atoms with Crippen LogP contribution in [0.5, 0.6) is 0 Å². The number of anilines is 1. The second-order valence-electron chi connectivity index (χ2n) is 6.30. The maximum absolute atomic E-state index is 12.6. The number of rotatable bonds is 7. The first-order valence-electron chi connectivity index (χ1n) is 8.52. The minimum atomic E-state index is -4.27. The number of imidazole rings is 1. The maximum atomic E-state index is 12.6. The lowest BCUT2D eigenvalue weighted by atomic mass is 10.1. The van der Waals surface area contributed by atoms with Gasteiger partial charge in [-0.3, -0.25) is 9.20 Å². The molecule has 0 bridgehead atoms. The molecule has 28 heavy (non-hydrogen) atoms. The van der Waals surface area contributed by atoms with Crippen LogP contribution in [0, 0.1) is 0 Å². The van der Waals surface area contributed by atoms with Crippen molar-refractivity contribution in [3.63, 3.8) is 0 Å². The van der Waals surface area contributed by atoms with Gasteiger partial charge in [-0.05, 0) is 24.1 Å². The number of carbonyl (C=O) groups is 1. The zero-order valence-corrected chi connectivity index (χ0v) is 15.4. The van der Waals surface area contributed by atoms with Crippen LogP contribution in [0.3, 0.4) is 0 Å². The third-order valence-corrected chi connectivity index (χ3v) is 4.30. The summed E-state index contributed by atoms with van der Waals surface area (Å²) in [5.74, 6) is -0.282. The van der Waals surface area contributed by atoms with Crippen molar-refractivity contribution in [1.29, 1.82) is 0 Å². The van der Waals surface area contributed by atoms with Crippen LogP contribution in [0.1, 0.15) is 18.4 Å². The van der Waals surface area contributed by atoms with Gasteiger partial charge in [0, 0.05) is 24.7 Å². The van der Waals surface area contributed by atoms with Crippen LogP contribution in [-0.4, -0.2) is 33.2 Å². The highest BCUT2D eigenvalue weighted by Crippen LogP contribution is 2.31. The van der Waals surface area contributed by atoms with Gasteiger partial charge in [0.15, 0.2) is 0 Å². The highest BCUT2D eigenvalue weighted by Gasteiger charge is 2.27. The number of halogens is 4. The average Bonchev–Trinajstić information content (AvgIpc) is 2.95. The summed E-state index contributed by atoms with van der Waals surface area (Å²) >= 11 is 6.07. The van der Waals surface area contributed by atoms with Crippen LogP contribution in [0.15, 0.2) is 42.6 Å². The van der Waals surface area contributed by atoms with Crippen molar-refractivity contribution >= 4 is 29.0 Å². The van der Waals surface area contributed by atoms with E-state index in [1.165, 1.54) is 12.1 Å². The van der Waals surface area contributed by atoms with Gasteiger partial charge in [0.2, 0.25) is 0 Å². The number of aliphatic carboxylic acids is 1. The number of hydrogen-bond acceptors (Lipinski definition) is 3. The molecule has 2 N–H and O–H groups in total. The van der Waals surface area contributed by atoms with E-state index in [0.717, 1.165) is 0 Å². The zero-order chi connectivity index (χ0) is 20.3. The molecule has 3 aromatic rings. The predicted octanol–water partition coefficient (Wildman–Crippen LogP) is 5.04. The summed E-state index contributed by atoms with van der Waals surface area (Å²) in [5, 5.41) is 12.4. The Morgan fingerprint density at radius 3 is 2.54 bits per heavy atom. The molecule has 2 aromatic heterocycles. The summed E-state index contributed by atoms with van der Waals surface area (Å²) in [6, 6.07) is 9.45. The van der Waals surface area contributed by atoms with E-state index in [2.05, 4.69) is 10.3 Å². The molecule has 0 fully saturated rings. The molecule has 5 nitrogen and oxygen atoms in total. The Morgan fingerprint density at radius 2 is 1.89 bits per heavy atom. The van der Waals surface area contributed by atoms with E-state index in [-0.39, 0.29) is 12.0 Å². The quantitative estimate of drug-likeness (QED) is 0.535. The number of benzene rings is 1. The minimum Gasteiger partial charge on any atom is -0.481 e. The Bertz CT molecular complexity index is 984. The average molecular weight is 412 g/mol. The van der Waals surface area contributed by atoms with E-state index in [0.29, 0.717) is 40.7 Å². The largest absolute Gasteiger partial charge is 0.481 e. The number of fused-ring (bicyclic) bond motifs is 1. The smallest absolute Gasteiger partial charge is 0.393 e. The van der Waals surface area contributed by atoms with E-state index in [1.54, 1.807) is 34.9 Å². The molecule has 0 saturated heterocycles. The second-order valence-corrected chi connectivity index (χ2v) is 6.73. The zero-order valence-electron chi connectivity index (χ0n) is 14.6. The van der Waals surface area contributed by atoms with Crippen molar-refractivity contribution < 1.29 is 23.1 Å². The van der Waals surface area contributed by atoms with Gasteiger partial charge < -0.3 is 10.4 Å². The van der Waals surface area contributed by atoms with Gasteiger partial charge >= 0.3 is 12.1 Å². The number of nitrogens with zero attached hydrogens (tertiary/aromatic N) is 2. The van der Waals surface area contributed by atoms with Crippen LogP contribution < -0.4 is 5.32 Å². The molecule has 0 aliphatic carbocycles. The summed E-state index contributed by atoms with van der Waals surface area (Å²) in [7, 11) is 0. The monoisotopic (exact) mass is 411 g/mol. The van der Waals surface area contributed by atoms with Crippen molar-refractivity contribution in [1.82, 2.24) is 9.38 Å². The van der Waals surface area contributed by atoms with E-state index in [1.807, 2.05) is 0 Å². The lowest BCUT2D eigenvalue weighted by molar-refractivity contribution is -0.137. The summed E-state index contributed by atoms with van der Waals surface area (Å²) in [4.78, 5) is 15.2. The predicted molar refractivity (Wildman–Crippen MR) is 101 cm³/mol. The third-order valence-electron chi connectivity index (χ3n) is 4.07. The van der Waals surface area contributed by atoms with E-state index in [9.17, 15) is 18.0 Å². The molecule has 1 aromatic carbocycles. The lowest BCUT2D eigenvalue weighted by Gasteiger charge is -2.10. The molecule has 148 valence electrons. The molecular formula is C19H17ClF3N3O2. The first-order valence-corrected chi connectivity index (χ1v) is 8.90. The second kappa shape index (κ2) is 8.10. The molecule has 9 heteroatoms. The highest BCUT2D eigenvalue weighted by atomic mass is 35.5.